The standard InChI is InChI=1S/C8H13NO2/c1-3-7-5-4-6-9(7)8(10)11-2/h3,7H,1,4-6H2,2H3. The molecule has 62 valence electrons. The third-order valence-corrected chi connectivity index (χ3v) is 1.98. The highest BCUT2D eigenvalue weighted by Gasteiger charge is 2.26. The van der Waals surface area contributed by atoms with E-state index in [0.29, 0.717) is 0 Å². The second-order valence-corrected chi connectivity index (χ2v) is 2.61. The van der Waals surface area contributed by atoms with Crippen LogP contribution in [0.1, 0.15) is 12.8 Å². The summed E-state index contributed by atoms with van der Waals surface area (Å²) in [5.41, 5.74) is 0. The summed E-state index contributed by atoms with van der Waals surface area (Å²) in [6, 6.07) is 0.183. The molecule has 0 spiro atoms. The van der Waals surface area contributed by atoms with Crippen LogP contribution < -0.4 is 0 Å². The minimum Gasteiger partial charge on any atom is -0.453 e. The Morgan fingerprint density at radius 1 is 1.82 bits per heavy atom. The molecule has 0 saturated carbocycles. The molecule has 1 aliphatic rings. The van der Waals surface area contributed by atoms with E-state index in [0.717, 1.165) is 19.4 Å². The van der Waals surface area contributed by atoms with Crippen LogP contribution in [-0.2, 0) is 4.74 Å². The Morgan fingerprint density at radius 3 is 3.09 bits per heavy atom. The molecule has 1 saturated heterocycles. The maximum atomic E-state index is 11.0. The van der Waals surface area contributed by atoms with Gasteiger partial charge in [0, 0.05) is 6.54 Å². The Kier molecular flexibility index (Phi) is 2.52. The van der Waals surface area contributed by atoms with Crippen LogP contribution in [0, 0.1) is 0 Å². The molecule has 0 N–H and O–H groups in total. The Morgan fingerprint density at radius 2 is 2.55 bits per heavy atom. The quantitative estimate of drug-likeness (QED) is 0.536. The second-order valence-electron chi connectivity index (χ2n) is 2.61. The van der Waals surface area contributed by atoms with Gasteiger partial charge in [-0.2, -0.15) is 0 Å². The number of carbonyl (C=O) groups is 1. The first-order chi connectivity index (χ1) is 5.29. The van der Waals surface area contributed by atoms with Crippen molar-refractivity contribution in [2.45, 2.75) is 18.9 Å². The number of likely N-dealkylation sites (tertiary alicyclic amines) is 1. The van der Waals surface area contributed by atoms with E-state index in [1.165, 1.54) is 7.11 Å². The van der Waals surface area contributed by atoms with Crippen LogP contribution in [0.15, 0.2) is 12.7 Å². The van der Waals surface area contributed by atoms with Crippen molar-refractivity contribution in [3.05, 3.63) is 12.7 Å². The van der Waals surface area contributed by atoms with Crippen molar-refractivity contribution in [3.8, 4) is 0 Å². The Hall–Kier alpha value is -0.990. The van der Waals surface area contributed by atoms with Gasteiger partial charge in [-0.05, 0) is 12.8 Å². The molecule has 0 aromatic rings. The average Bonchev–Trinajstić information content (AvgIpc) is 2.50. The minimum atomic E-state index is -0.243. The number of ether oxygens (including phenoxy) is 1. The smallest absolute Gasteiger partial charge is 0.409 e. The Balaban J connectivity index is 2.56. The van der Waals surface area contributed by atoms with Crippen molar-refractivity contribution in [2.24, 2.45) is 0 Å². The molecule has 11 heavy (non-hydrogen) atoms. The molecular weight excluding hydrogens is 142 g/mol. The first kappa shape index (κ1) is 8.11. The second kappa shape index (κ2) is 3.42. The van der Waals surface area contributed by atoms with Crippen LogP contribution in [-0.4, -0.2) is 30.7 Å². The number of amides is 1. The molecule has 0 aliphatic carbocycles. The zero-order valence-electron chi connectivity index (χ0n) is 6.75. The van der Waals surface area contributed by atoms with Crippen LogP contribution in [0.5, 0.6) is 0 Å². The molecule has 0 radical (unpaired) electrons. The monoisotopic (exact) mass is 155 g/mol. The molecule has 3 heteroatoms. The number of hydrogen-bond acceptors (Lipinski definition) is 2. The van der Waals surface area contributed by atoms with Crippen molar-refractivity contribution in [1.82, 2.24) is 4.90 Å². The van der Waals surface area contributed by atoms with E-state index in [9.17, 15) is 4.79 Å². The minimum absolute atomic E-state index is 0.183. The average molecular weight is 155 g/mol. The molecule has 1 aliphatic heterocycles. The molecule has 1 atom stereocenters. The van der Waals surface area contributed by atoms with E-state index in [1.807, 2.05) is 0 Å². The van der Waals surface area contributed by atoms with Gasteiger partial charge in [-0.15, -0.1) is 6.58 Å². The molecule has 1 amide bonds. The lowest BCUT2D eigenvalue weighted by atomic mass is 10.2. The maximum Gasteiger partial charge on any atom is 0.409 e. The Bertz CT molecular complexity index is 167. The third kappa shape index (κ3) is 1.53. The van der Waals surface area contributed by atoms with Gasteiger partial charge in [-0.25, -0.2) is 4.79 Å². The van der Waals surface area contributed by atoms with Crippen LogP contribution in [0.25, 0.3) is 0 Å². The van der Waals surface area contributed by atoms with Crippen molar-refractivity contribution >= 4 is 6.09 Å². The molecular formula is C8H13NO2. The number of methoxy groups -OCH3 is 1. The Labute approximate surface area is 66.6 Å². The molecule has 1 fully saturated rings. The predicted molar refractivity (Wildman–Crippen MR) is 42.3 cm³/mol. The van der Waals surface area contributed by atoms with Gasteiger partial charge in [0.25, 0.3) is 0 Å². The summed E-state index contributed by atoms with van der Waals surface area (Å²) in [4.78, 5) is 12.7. The van der Waals surface area contributed by atoms with Crippen LogP contribution in [0.2, 0.25) is 0 Å². The lowest BCUT2D eigenvalue weighted by Gasteiger charge is -2.19. The van der Waals surface area contributed by atoms with Crippen molar-refractivity contribution < 1.29 is 9.53 Å². The zero-order chi connectivity index (χ0) is 8.27. The van der Waals surface area contributed by atoms with Gasteiger partial charge < -0.3 is 9.64 Å². The van der Waals surface area contributed by atoms with Crippen molar-refractivity contribution in [2.75, 3.05) is 13.7 Å². The van der Waals surface area contributed by atoms with E-state index in [-0.39, 0.29) is 12.1 Å². The number of nitrogens with zero attached hydrogens (tertiary/aromatic N) is 1. The van der Waals surface area contributed by atoms with Crippen LogP contribution in [0.4, 0.5) is 4.79 Å². The normalized spacial score (nSPS) is 23.4. The summed E-state index contributed by atoms with van der Waals surface area (Å²) in [5, 5.41) is 0. The number of hydrogen-bond donors (Lipinski definition) is 0. The molecule has 1 unspecified atom stereocenters. The molecule has 3 nitrogen and oxygen atoms in total. The van der Waals surface area contributed by atoms with Crippen LogP contribution >= 0.6 is 0 Å². The highest BCUT2D eigenvalue weighted by molar-refractivity contribution is 5.68. The van der Waals surface area contributed by atoms with E-state index >= 15 is 0 Å². The van der Waals surface area contributed by atoms with Gasteiger partial charge in [0.15, 0.2) is 0 Å². The van der Waals surface area contributed by atoms with Crippen molar-refractivity contribution in [1.29, 1.82) is 0 Å². The van der Waals surface area contributed by atoms with Gasteiger partial charge >= 0.3 is 6.09 Å². The van der Waals surface area contributed by atoms with Crippen molar-refractivity contribution in [3.63, 3.8) is 0 Å². The summed E-state index contributed by atoms with van der Waals surface area (Å²) in [5.74, 6) is 0. The zero-order valence-corrected chi connectivity index (χ0v) is 6.75. The number of rotatable bonds is 1. The fourth-order valence-electron chi connectivity index (χ4n) is 1.38. The first-order valence-corrected chi connectivity index (χ1v) is 3.76. The fourth-order valence-corrected chi connectivity index (χ4v) is 1.38. The summed E-state index contributed by atoms with van der Waals surface area (Å²) >= 11 is 0. The molecule has 0 aromatic carbocycles. The lowest BCUT2D eigenvalue weighted by molar-refractivity contribution is 0.125. The molecule has 0 aromatic heterocycles. The first-order valence-electron chi connectivity index (χ1n) is 3.76. The summed E-state index contributed by atoms with van der Waals surface area (Å²) in [6.07, 6.45) is 3.61. The van der Waals surface area contributed by atoms with Gasteiger partial charge in [0.2, 0.25) is 0 Å². The number of carbonyl (C=O) groups excluding carboxylic acids is 1. The molecule has 1 rings (SSSR count). The topological polar surface area (TPSA) is 29.5 Å². The lowest BCUT2D eigenvalue weighted by Crippen LogP contribution is -2.33. The van der Waals surface area contributed by atoms with E-state index in [1.54, 1.807) is 11.0 Å². The van der Waals surface area contributed by atoms with Gasteiger partial charge in [-0.3, -0.25) is 0 Å². The summed E-state index contributed by atoms with van der Waals surface area (Å²) < 4.78 is 4.61. The highest BCUT2D eigenvalue weighted by atomic mass is 16.5. The van der Waals surface area contributed by atoms with E-state index in [4.69, 9.17) is 0 Å². The predicted octanol–water partition coefficient (Wildman–Crippen LogP) is 1.40. The SMILES string of the molecule is C=CC1CCCN1C(=O)OC. The summed E-state index contributed by atoms with van der Waals surface area (Å²) in [7, 11) is 1.40. The largest absolute Gasteiger partial charge is 0.453 e. The highest BCUT2D eigenvalue weighted by Crippen LogP contribution is 2.18. The molecule has 0 bridgehead atoms. The van der Waals surface area contributed by atoms with Gasteiger partial charge in [0.05, 0.1) is 13.2 Å². The van der Waals surface area contributed by atoms with E-state index in [2.05, 4.69) is 11.3 Å². The van der Waals surface area contributed by atoms with Gasteiger partial charge in [-0.1, -0.05) is 6.08 Å². The molecule has 1 heterocycles. The summed E-state index contributed by atoms with van der Waals surface area (Å²) in [6.45, 7) is 4.46. The third-order valence-electron chi connectivity index (χ3n) is 1.98. The van der Waals surface area contributed by atoms with Gasteiger partial charge in [0.1, 0.15) is 0 Å². The fraction of sp³-hybridized carbons (Fsp3) is 0.625. The van der Waals surface area contributed by atoms with Crippen LogP contribution in [0.3, 0.4) is 0 Å². The maximum absolute atomic E-state index is 11.0. The van der Waals surface area contributed by atoms with E-state index < -0.39 is 0 Å².